The molecule has 3 nitrogen and oxygen atoms in total. The average Bonchev–Trinajstić information content (AvgIpc) is 2.42. The van der Waals surface area contributed by atoms with E-state index in [9.17, 15) is 4.79 Å². The Morgan fingerprint density at radius 2 is 1.63 bits per heavy atom. The van der Waals surface area contributed by atoms with Crippen LogP contribution in [0.2, 0.25) is 0 Å². The minimum atomic E-state index is -0.293. The molecule has 98 valence electrons. The zero-order valence-corrected chi connectivity index (χ0v) is 11.1. The van der Waals surface area contributed by atoms with Crippen molar-refractivity contribution in [3.05, 3.63) is 59.7 Å². The van der Waals surface area contributed by atoms with E-state index in [4.69, 9.17) is 9.47 Å². The predicted octanol–water partition coefficient (Wildman–Crippen LogP) is 3.15. The number of ether oxygens (including phenoxy) is 2. The molecule has 0 aliphatic heterocycles. The summed E-state index contributed by atoms with van der Waals surface area (Å²) >= 11 is 0. The van der Waals surface area contributed by atoms with Crippen molar-refractivity contribution in [1.82, 2.24) is 0 Å². The van der Waals surface area contributed by atoms with Crippen LogP contribution in [0.15, 0.2) is 48.5 Å². The van der Waals surface area contributed by atoms with E-state index in [0.717, 1.165) is 11.1 Å². The first-order valence-electron chi connectivity index (χ1n) is 6.09. The highest BCUT2D eigenvalue weighted by atomic mass is 16.6. The maximum atomic E-state index is 11.9. The molecule has 0 bridgehead atoms. The maximum Gasteiger partial charge on any atom is 0.315 e. The van der Waals surface area contributed by atoms with E-state index < -0.39 is 0 Å². The second-order valence-corrected chi connectivity index (χ2v) is 4.23. The van der Waals surface area contributed by atoms with Gasteiger partial charge in [-0.05, 0) is 30.2 Å². The third-order valence-corrected chi connectivity index (χ3v) is 2.89. The number of hydrogen-bond donors (Lipinski definition) is 0. The number of para-hydroxylation sites is 2. The molecule has 0 fully saturated rings. The monoisotopic (exact) mass is 256 g/mol. The molecular weight excluding hydrogens is 240 g/mol. The minimum absolute atomic E-state index is 0.255. The van der Waals surface area contributed by atoms with E-state index in [1.165, 1.54) is 0 Å². The van der Waals surface area contributed by atoms with Crippen LogP contribution in [0.1, 0.15) is 11.1 Å². The lowest BCUT2D eigenvalue weighted by Gasteiger charge is -2.09. The summed E-state index contributed by atoms with van der Waals surface area (Å²) in [6.07, 6.45) is 0.255. The Hall–Kier alpha value is -2.29. The quantitative estimate of drug-likeness (QED) is 0.622. The summed E-state index contributed by atoms with van der Waals surface area (Å²) in [5.41, 5.74) is 2.06. The normalized spacial score (nSPS) is 10.0. The van der Waals surface area contributed by atoms with Crippen LogP contribution in [0.25, 0.3) is 0 Å². The molecule has 2 aromatic rings. The summed E-state index contributed by atoms with van der Waals surface area (Å²) in [4.78, 5) is 11.9. The van der Waals surface area contributed by atoms with Crippen LogP contribution in [0, 0.1) is 6.92 Å². The number of aryl methyl sites for hydroxylation is 1. The van der Waals surface area contributed by atoms with Gasteiger partial charge in [-0.1, -0.05) is 36.4 Å². The third kappa shape index (κ3) is 3.35. The van der Waals surface area contributed by atoms with Gasteiger partial charge >= 0.3 is 5.97 Å². The van der Waals surface area contributed by atoms with Crippen LogP contribution < -0.4 is 9.47 Å². The molecule has 0 saturated carbocycles. The van der Waals surface area contributed by atoms with Crippen molar-refractivity contribution < 1.29 is 14.3 Å². The van der Waals surface area contributed by atoms with Crippen molar-refractivity contribution in [2.75, 3.05) is 7.11 Å². The first-order chi connectivity index (χ1) is 9.20. The Balaban J connectivity index is 2.08. The molecule has 0 radical (unpaired) electrons. The van der Waals surface area contributed by atoms with E-state index in [1.807, 2.05) is 37.3 Å². The fourth-order valence-electron chi connectivity index (χ4n) is 1.83. The molecule has 0 aromatic heterocycles. The summed E-state index contributed by atoms with van der Waals surface area (Å²) in [7, 11) is 1.55. The second-order valence-electron chi connectivity index (χ2n) is 4.23. The molecule has 0 amide bonds. The van der Waals surface area contributed by atoms with Gasteiger partial charge in [0.05, 0.1) is 13.5 Å². The van der Waals surface area contributed by atoms with Crippen molar-refractivity contribution >= 4 is 5.97 Å². The zero-order valence-electron chi connectivity index (χ0n) is 11.1. The van der Waals surface area contributed by atoms with Gasteiger partial charge in [0.2, 0.25) is 0 Å². The van der Waals surface area contributed by atoms with E-state index in [-0.39, 0.29) is 12.4 Å². The molecule has 19 heavy (non-hydrogen) atoms. The fraction of sp³-hybridized carbons (Fsp3) is 0.188. The lowest BCUT2D eigenvalue weighted by atomic mass is 10.1. The van der Waals surface area contributed by atoms with Crippen LogP contribution in [0.4, 0.5) is 0 Å². The lowest BCUT2D eigenvalue weighted by molar-refractivity contribution is -0.133. The fourth-order valence-corrected chi connectivity index (χ4v) is 1.83. The van der Waals surface area contributed by atoms with Crippen LogP contribution in [0.5, 0.6) is 11.5 Å². The minimum Gasteiger partial charge on any atom is -0.493 e. The summed E-state index contributed by atoms with van der Waals surface area (Å²) in [5, 5.41) is 0. The maximum absolute atomic E-state index is 11.9. The highest BCUT2D eigenvalue weighted by molar-refractivity contribution is 5.76. The topological polar surface area (TPSA) is 35.5 Å². The summed E-state index contributed by atoms with van der Waals surface area (Å²) in [6, 6.07) is 14.9. The Morgan fingerprint density at radius 1 is 1.00 bits per heavy atom. The van der Waals surface area contributed by atoms with Gasteiger partial charge in [0, 0.05) is 0 Å². The van der Waals surface area contributed by atoms with Crippen molar-refractivity contribution in [2.45, 2.75) is 13.3 Å². The number of benzene rings is 2. The number of carbonyl (C=O) groups is 1. The van der Waals surface area contributed by atoms with Crippen LogP contribution in [-0.4, -0.2) is 13.1 Å². The van der Waals surface area contributed by atoms with Crippen LogP contribution in [-0.2, 0) is 11.2 Å². The average molecular weight is 256 g/mol. The Bertz CT molecular complexity index is 576. The van der Waals surface area contributed by atoms with Crippen molar-refractivity contribution in [1.29, 1.82) is 0 Å². The van der Waals surface area contributed by atoms with E-state index in [1.54, 1.807) is 25.3 Å². The highest BCUT2D eigenvalue weighted by Crippen LogP contribution is 2.26. The third-order valence-electron chi connectivity index (χ3n) is 2.89. The number of carbonyl (C=O) groups excluding carboxylic acids is 1. The van der Waals surface area contributed by atoms with Gasteiger partial charge in [-0.2, -0.15) is 0 Å². The van der Waals surface area contributed by atoms with Gasteiger partial charge in [0.15, 0.2) is 11.5 Å². The number of methoxy groups -OCH3 is 1. The van der Waals surface area contributed by atoms with E-state index in [2.05, 4.69) is 0 Å². The van der Waals surface area contributed by atoms with Gasteiger partial charge in [0.25, 0.3) is 0 Å². The SMILES string of the molecule is COc1ccccc1OC(=O)Cc1ccccc1C. The zero-order chi connectivity index (χ0) is 13.7. The molecule has 0 unspecified atom stereocenters. The molecule has 2 aromatic carbocycles. The highest BCUT2D eigenvalue weighted by Gasteiger charge is 2.11. The standard InChI is InChI=1S/C16H16O3/c1-12-7-3-4-8-13(12)11-16(17)19-15-10-6-5-9-14(15)18-2/h3-10H,11H2,1-2H3. The molecule has 0 saturated heterocycles. The number of esters is 1. The summed E-state index contributed by atoms with van der Waals surface area (Å²) < 4.78 is 10.5. The van der Waals surface area contributed by atoms with E-state index >= 15 is 0 Å². The van der Waals surface area contributed by atoms with Crippen LogP contribution in [0.3, 0.4) is 0 Å². The first kappa shape index (κ1) is 13.1. The number of rotatable bonds is 4. The summed E-state index contributed by atoms with van der Waals surface area (Å²) in [5.74, 6) is 0.711. The Kier molecular flexibility index (Phi) is 4.18. The molecule has 0 aliphatic carbocycles. The Morgan fingerprint density at radius 3 is 2.32 bits per heavy atom. The van der Waals surface area contributed by atoms with Crippen LogP contribution >= 0.6 is 0 Å². The molecule has 0 aliphatic rings. The van der Waals surface area contributed by atoms with Gasteiger partial charge < -0.3 is 9.47 Å². The molecule has 0 spiro atoms. The first-order valence-corrected chi connectivity index (χ1v) is 6.09. The van der Waals surface area contributed by atoms with Crippen molar-refractivity contribution in [2.24, 2.45) is 0 Å². The molecule has 2 rings (SSSR count). The smallest absolute Gasteiger partial charge is 0.315 e. The Labute approximate surface area is 112 Å². The van der Waals surface area contributed by atoms with Gasteiger partial charge in [0.1, 0.15) is 0 Å². The van der Waals surface area contributed by atoms with E-state index in [0.29, 0.717) is 11.5 Å². The largest absolute Gasteiger partial charge is 0.493 e. The molecule has 0 N–H and O–H groups in total. The summed E-state index contributed by atoms with van der Waals surface area (Å²) in [6.45, 7) is 1.98. The van der Waals surface area contributed by atoms with Crippen molar-refractivity contribution in [3.63, 3.8) is 0 Å². The van der Waals surface area contributed by atoms with Gasteiger partial charge in [-0.25, -0.2) is 0 Å². The van der Waals surface area contributed by atoms with Crippen molar-refractivity contribution in [3.8, 4) is 11.5 Å². The molecular formula is C16H16O3. The predicted molar refractivity (Wildman–Crippen MR) is 73.5 cm³/mol. The van der Waals surface area contributed by atoms with Gasteiger partial charge in [-0.3, -0.25) is 4.79 Å². The lowest BCUT2D eigenvalue weighted by Crippen LogP contribution is -2.12. The van der Waals surface area contributed by atoms with Gasteiger partial charge in [-0.15, -0.1) is 0 Å². The second kappa shape index (κ2) is 6.05. The molecule has 3 heteroatoms. The number of hydrogen-bond acceptors (Lipinski definition) is 3. The molecule has 0 heterocycles. The molecule has 0 atom stereocenters.